The Hall–Kier alpha value is -1.44. The normalized spacial score (nSPS) is 18.5. The first-order chi connectivity index (χ1) is 7.27. The average Bonchev–Trinajstić information content (AvgIpc) is 2.30. The molecule has 1 aromatic heterocycles. The van der Waals surface area contributed by atoms with Crippen molar-refractivity contribution in [1.29, 1.82) is 5.41 Å². The van der Waals surface area contributed by atoms with Crippen LogP contribution in [0.1, 0.15) is 37.7 Å². The van der Waals surface area contributed by atoms with E-state index in [1.807, 2.05) is 12.3 Å². The number of hydrogen-bond acceptors (Lipinski definition) is 2. The molecule has 1 aromatic rings. The molecule has 0 saturated heterocycles. The molecular formula is C13H16N2. The molecule has 0 spiro atoms. The topological polar surface area (TPSA) is 36.7 Å². The van der Waals surface area contributed by atoms with Crippen LogP contribution in [0.3, 0.4) is 0 Å². The van der Waals surface area contributed by atoms with Gasteiger partial charge in [-0.25, -0.2) is 0 Å². The van der Waals surface area contributed by atoms with Gasteiger partial charge in [0.2, 0.25) is 0 Å². The Balaban J connectivity index is 2.15. The van der Waals surface area contributed by atoms with Gasteiger partial charge in [0.25, 0.3) is 0 Å². The van der Waals surface area contributed by atoms with Crippen molar-refractivity contribution >= 4 is 5.71 Å². The second kappa shape index (κ2) is 4.39. The Bertz CT molecular complexity index is 379. The molecule has 0 radical (unpaired) electrons. The number of pyridine rings is 1. The van der Waals surface area contributed by atoms with E-state index in [2.05, 4.69) is 24.1 Å². The summed E-state index contributed by atoms with van der Waals surface area (Å²) in [5.74, 6) is 0.451. The van der Waals surface area contributed by atoms with Crippen LogP contribution >= 0.6 is 0 Å². The number of nitrogens with one attached hydrogen (secondary N) is 1. The van der Waals surface area contributed by atoms with E-state index in [9.17, 15) is 0 Å². The Morgan fingerprint density at radius 2 is 2.27 bits per heavy atom. The van der Waals surface area contributed by atoms with Crippen molar-refractivity contribution in [2.45, 2.75) is 32.1 Å². The lowest BCUT2D eigenvalue weighted by Gasteiger charge is -2.20. The molecule has 0 aliphatic heterocycles. The molecule has 1 unspecified atom stereocenters. The molecule has 1 heterocycles. The molecule has 0 saturated carbocycles. The molecule has 0 aromatic carbocycles. The molecular weight excluding hydrogens is 184 g/mol. The summed E-state index contributed by atoms with van der Waals surface area (Å²) in [4.78, 5) is 4.15. The van der Waals surface area contributed by atoms with E-state index < -0.39 is 0 Å². The van der Waals surface area contributed by atoms with Crippen molar-refractivity contribution in [2.24, 2.45) is 0 Å². The number of aromatic nitrogens is 1. The molecule has 2 nitrogen and oxygen atoms in total. The summed E-state index contributed by atoms with van der Waals surface area (Å²) in [6, 6.07) is 4.11. The molecule has 15 heavy (non-hydrogen) atoms. The number of hydrogen-bond donors (Lipinski definition) is 1. The van der Waals surface area contributed by atoms with Crippen LogP contribution < -0.4 is 0 Å². The molecule has 78 valence electrons. The highest BCUT2D eigenvalue weighted by atomic mass is 14.6. The Morgan fingerprint density at radius 3 is 2.87 bits per heavy atom. The maximum absolute atomic E-state index is 7.57. The lowest BCUT2D eigenvalue weighted by molar-refractivity contribution is 0.788. The summed E-state index contributed by atoms with van der Waals surface area (Å²) in [6.07, 6.45) is 8.75. The molecule has 0 bridgehead atoms. The van der Waals surface area contributed by atoms with E-state index in [1.54, 1.807) is 6.20 Å². The molecule has 1 N–H and O–H groups in total. The van der Waals surface area contributed by atoms with Crippen LogP contribution in [0.2, 0.25) is 0 Å². The number of rotatable bonds is 2. The van der Waals surface area contributed by atoms with Crippen LogP contribution in [0.25, 0.3) is 0 Å². The minimum Gasteiger partial charge on any atom is -0.309 e. The Morgan fingerprint density at radius 1 is 1.40 bits per heavy atom. The van der Waals surface area contributed by atoms with Gasteiger partial charge in [0.15, 0.2) is 0 Å². The fourth-order valence-electron chi connectivity index (χ4n) is 1.99. The van der Waals surface area contributed by atoms with Gasteiger partial charge in [-0.1, -0.05) is 24.6 Å². The summed E-state index contributed by atoms with van der Waals surface area (Å²) in [5.41, 5.74) is 3.59. The van der Waals surface area contributed by atoms with E-state index in [-0.39, 0.29) is 0 Å². The zero-order chi connectivity index (χ0) is 10.7. The van der Waals surface area contributed by atoms with E-state index in [4.69, 9.17) is 5.41 Å². The highest BCUT2D eigenvalue weighted by molar-refractivity contribution is 5.84. The summed E-state index contributed by atoms with van der Waals surface area (Å²) >= 11 is 0. The van der Waals surface area contributed by atoms with Crippen molar-refractivity contribution in [2.75, 3.05) is 0 Å². The zero-order valence-corrected chi connectivity index (χ0v) is 9.03. The molecule has 2 heteroatoms. The third kappa shape index (κ3) is 2.32. The first kappa shape index (κ1) is 10.1. The van der Waals surface area contributed by atoms with Gasteiger partial charge in [0, 0.05) is 30.4 Å². The minimum atomic E-state index is 0.451. The first-order valence-electron chi connectivity index (χ1n) is 5.42. The molecule has 0 amide bonds. The van der Waals surface area contributed by atoms with Crippen LogP contribution in [-0.4, -0.2) is 10.7 Å². The van der Waals surface area contributed by atoms with Crippen molar-refractivity contribution < 1.29 is 0 Å². The Labute approximate surface area is 90.6 Å². The fraction of sp³-hybridized carbons (Fsp3) is 0.385. The van der Waals surface area contributed by atoms with Gasteiger partial charge in [-0.3, -0.25) is 4.98 Å². The number of nitrogens with zero attached hydrogens (tertiary/aromatic N) is 1. The van der Waals surface area contributed by atoms with Crippen LogP contribution in [0.15, 0.2) is 36.2 Å². The maximum atomic E-state index is 7.57. The van der Waals surface area contributed by atoms with Gasteiger partial charge < -0.3 is 5.41 Å². The second-order valence-corrected chi connectivity index (χ2v) is 4.09. The maximum Gasteiger partial charge on any atom is 0.0305 e. The summed E-state index contributed by atoms with van der Waals surface area (Å²) in [7, 11) is 0. The third-order valence-electron chi connectivity index (χ3n) is 3.07. The van der Waals surface area contributed by atoms with Gasteiger partial charge in [-0.15, -0.1) is 0 Å². The quantitative estimate of drug-likeness (QED) is 0.730. The standard InChI is InChI=1S/C13H16N2/c1-10(12-3-2-8-15-9-12)11-4-6-13(14)7-5-11/h2-4,8-10,14H,5-7H2,1H3. The van der Waals surface area contributed by atoms with Crippen molar-refractivity contribution in [1.82, 2.24) is 4.98 Å². The monoisotopic (exact) mass is 200 g/mol. The smallest absolute Gasteiger partial charge is 0.0305 e. The van der Waals surface area contributed by atoms with Crippen molar-refractivity contribution in [3.05, 3.63) is 41.7 Å². The SMILES string of the molecule is CC(C1=CCC(=N)CC1)c1cccnc1. The van der Waals surface area contributed by atoms with Gasteiger partial charge in [-0.2, -0.15) is 0 Å². The lowest BCUT2D eigenvalue weighted by Crippen LogP contribution is -2.07. The summed E-state index contributed by atoms with van der Waals surface area (Å²) < 4.78 is 0. The molecule has 0 fully saturated rings. The van der Waals surface area contributed by atoms with Crippen molar-refractivity contribution in [3.8, 4) is 0 Å². The molecule has 1 aliphatic carbocycles. The van der Waals surface area contributed by atoms with Gasteiger partial charge in [0.1, 0.15) is 0 Å². The van der Waals surface area contributed by atoms with Crippen LogP contribution in [-0.2, 0) is 0 Å². The van der Waals surface area contributed by atoms with Crippen LogP contribution in [0.4, 0.5) is 0 Å². The minimum absolute atomic E-state index is 0.451. The fourth-order valence-corrected chi connectivity index (χ4v) is 1.99. The van der Waals surface area contributed by atoms with Gasteiger partial charge in [-0.05, 0) is 24.5 Å². The number of allylic oxidation sites excluding steroid dienone is 2. The predicted octanol–water partition coefficient (Wildman–Crippen LogP) is 3.32. The predicted molar refractivity (Wildman–Crippen MR) is 62.3 cm³/mol. The van der Waals surface area contributed by atoms with E-state index in [0.29, 0.717) is 5.92 Å². The third-order valence-corrected chi connectivity index (χ3v) is 3.07. The zero-order valence-electron chi connectivity index (χ0n) is 9.03. The van der Waals surface area contributed by atoms with Crippen LogP contribution in [0, 0.1) is 5.41 Å². The highest BCUT2D eigenvalue weighted by Crippen LogP contribution is 2.29. The van der Waals surface area contributed by atoms with Gasteiger partial charge in [0.05, 0.1) is 0 Å². The molecule has 1 aliphatic rings. The van der Waals surface area contributed by atoms with E-state index in [1.165, 1.54) is 11.1 Å². The summed E-state index contributed by atoms with van der Waals surface area (Å²) in [5, 5.41) is 7.57. The van der Waals surface area contributed by atoms with Gasteiger partial charge >= 0.3 is 0 Å². The average molecular weight is 200 g/mol. The molecule has 1 atom stereocenters. The summed E-state index contributed by atoms with van der Waals surface area (Å²) in [6.45, 7) is 2.22. The van der Waals surface area contributed by atoms with Crippen LogP contribution in [0.5, 0.6) is 0 Å². The first-order valence-corrected chi connectivity index (χ1v) is 5.42. The second-order valence-electron chi connectivity index (χ2n) is 4.09. The largest absolute Gasteiger partial charge is 0.309 e. The van der Waals surface area contributed by atoms with E-state index in [0.717, 1.165) is 25.0 Å². The lowest BCUT2D eigenvalue weighted by atomic mass is 9.86. The highest BCUT2D eigenvalue weighted by Gasteiger charge is 2.15. The van der Waals surface area contributed by atoms with Crippen molar-refractivity contribution in [3.63, 3.8) is 0 Å². The van der Waals surface area contributed by atoms with E-state index >= 15 is 0 Å². The molecule has 2 rings (SSSR count). The Kier molecular flexibility index (Phi) is 2.95.